The minimum Gasteiger partial charge on any atom is -0.465 e. The summed E-state index contributed by atoms with van der Waals surface area (Å²) in [5.41, 5.74) is 0.791. The Hall–Kier alpha value is -2.60. The molecule has 1 fully saturated rings. The predicted molar refractivity (Wildman–Crippen MR) is 72.3 cm³/mol. The number of nitrogens with zero attached hydrogens (tertiary/aromatic N) is 2. The number of nitriles is 2. The summed E-state index contributed by atoms with van der Waals surface area (Å²) in [4.78, 5) is 22.1. The van der Waals surface area contributed by atoms with Gasteiger partial charge in [-0.05, 0) is 24.0 Å². The minimum absolute atomic E-state index is 0.0706. The van der Waals surface area contributed by atoms with E-state index in [1.165, 1.54) is 26.0 Å². The van der Waals surface area contributed by atoms with Gasteiger partial charge in [0.25, 0.3) is 0 Å². The second kappa shape index (κ2) is 7.25. The van der Waals surface area contributed by atoms with Crippen LogP contribution in [-0.4, -0.2) is 25.2 Å². The highest BCUT2D eigenvalue weighted by Gasteiger charge is 2.41. The van der Waals surface area contributed by atoms with Crippen LogP contribution in [0.5, 0.6) is 0 Å². The van der Waals surface area contributed by atoms with Crippen molar-refractivity contribution in [3.63, 3.8) is 0 Å². The van der Waals surface area contributed by atoms with Crippen LogP contribution in [0.2, 0.25) is 0 Å². The third-order valence-electron chi connectivity index (χ3n) is 3.18. The minimum atomic E-state index is -0.622. The zero-order chi connectivity index (χ0) is 15.9. The van der Waals surface area contributed by atoms with E-state index in [1.807, 2.05) is 12.1 Å². The van der Waals surface area contributed by atoms with E-state index < -0.39 is 17.4 Å². The van der Waals surface area contributed by atoms with Gasteiger partial charge in [0.1, 0.15) is 13.2 Å². The standard InChI is InChI=1S/C15H16N2O4/c1-11(18)20-9-15(10-21-12(2)19)7-13(3-5-16)14(8-15)4-6-17/h3-4H,7-10H2,1-2H3/b13-3-,14-4+. The monoisotopic (exact) mass is 288 g/mol. The molecule has 1 rings (SSSR count). The number of rotatable bonds is 4. The van der Waals surface area contributed by atoms with Gasteiger partial charge in [0, 0.05) is 31.4 Å². The van der Waals surface area contributed by atoms with Gasteiger partial charge in [-0.3, -0.25) is 9.59 Å². The summed E-state index contributed by atoms with van der Waals surface area (Å²) in [6.45, 7) is 2.74. The SMILES string of the molecule is CC(=O)OCC1(COC(C)=O)CC(=C/C#N)/C(=C/C#N)C1. The topological polar surface area (TPSA) is 100 Å². The van der Waals surface area contributed by atoms with Gasteiger partial charge in [-0.1, -0.05) is 0 Å². The van der Waals surface area contributed by atoms with E-state index >= 15 is 0 Å². The molecule has 1 saturated carbocycles. The van der Waals surface area contributed by atoms with Gasteiger partial charge in [0.05, 0.1) is 12.1 Å². The molecule has 0 saturated heterocycles. The Balaban J connectivity index is 3.03. The number of allylic oxidation sites excluding steroid dienone is 4. The van der Waals surface area contributed by atoms with E-state index in [1.54, 1.807) is 0 Å². The second-order valence-electron chi connectivity index (χ2n) is 5.01. The fourth-order valence-electron chi connectivity index (χ4n) is 2.30. The first-order valence-electron chi connectivity index (χ1n) is 6.37. The largest absolute Gasteiger partial charge is 0.465 e. The third kappa shape index (κ3) is 4.77. The number of ether oxygens (including phenoxy) is 2. The van der Waals surface area contributed by atoms with Gasteiger partial charge in [-0.25, -0.2) is 0 Å². The van der Waals surface area contributed by atoms with Crippen molar-refractivity contribution in [1.29, 1.82) is 10.5 Å². The number of hydrogen-bond donors (Lipinski definition) is 0. The molecular formula is C15H16N2O4. The maximum absolute atomic E-state index is 11.0. The van der Waals surface area contributed by atoms with Crippen molar-refractivity contribution in [2.45, 2.75) is 26.7 Å². The normalized spacial score (nSPS) is 19.8. The Morgan fingerprint density at radius 2 is 1.43 bits per heavy atom. The van der Waals surface area contributed by atoms with Gasteiger partial charge >= 0.3 is 11.9 Å². The molecule has 0 amide bonds. The molecule has 21 heavy (non-hydrogen) atoms. The third-order valence-corrected chi connectivity index (χ3v) is 3.18. The van der Waals surface area contributed by atoms with Crippen molar-refractivity contribution in [1.82, 2.24) is 0 Å². The van der Waals surface area contributed by atoms with Crippen LogP contribution in [0.15, 0.2) is 23.3 Å². The Kier molecular flexibility index (Phi) is 5.68. The van der Waals surface area contributed by atoms with Gasteiger partial charge in [0.2, 0.25) is 0 Å². The molecule has 110 valence electrons. The Morgan fingerprint density at radius 1 is 1.05 bits per heavy atom. The predicted octanol–water partition coefficient (Wildman–Crippen LogP) is 1.79. The average Bonchev–Trinajstić information content (AvgIpc) is 2.74. The van der Waals surface area contributed by atoms with Crippen LogP contribution in [0.25, 0.3) is 0 Å². The molecule has 0 aromatic heterocycles. The second-order valence-corrected chi connectivity index (χ2v) is 5.01. The highest BCUT2D eigenvalue weighted by Crippen LogP contribution is 2.45. The van der Waals surface area contributed by atoms with Crippen LogP contribution in [0.3, 0.4) is 0 Å². The molecule has 0 atom stereocenters. The zero-order valence-electron chi connectivity index (χ0n) is 12.0. The van der Waals surface area contributed by atoms with E-state index in [2.05, 4.69) is 0 Å². The van der Waals surface area contributed by atoms with Crippen LogP contribution in [0.1, 0.15) is 26.7 Å². The van der Waals surface area contributed by atoms with E-state index in [4.69, 9.17) is 20.0 Å². The highest BCUT2D eigenvalue weighted by molar-refractivity contribution is 5.66. The summed E-state index contributed by atoms with van der Waals surface area (Å²) >= 11 is 0. The quantitative estimate of drug-likeness (QED) is 0.577. The van der Waals surface area contributed by atoms with Crippen molar-refractivity contribution in [2.75, 3.05) is 13.2 Å². The van der Waals surface area contributed by atoms with E-state index in [0.29, 0.717) is 24.0 Å². The summed E-state index contributed by atoms with van der Waals surface area (Å²) in [5.74, 6) is -0.860. The number of esters is 2. The first kappa shape index (κ1) is 16.5. The summed E-state index contributed by atoms with van der Waals surface area (Å²) in [7, 11) is 0. The molecule has 0 aromatic rings. The van der Waals surface area contributed by atoms with E-state index in [0.717, 1.165) is 0 Å². The molecule has 0 aliphatic heterocycles. The lowest BCUT2D eigenvalue weighted by atomic mass is 9.87. The smallest absolute Gasteiger partial charge is 0.302 e. The molecule has 0 bridgehead atoms. The number of carbonyl (C=O) groups excluding carboxylic acids is 2. The summed E-state index contributed by atoms with van der Waals surface area (Å²) in [6, 6.07) is 3.88. The first-order valence-corrected chi connectivity index (χ1v) is 6.37. The first-order chi connectivity index (χ1) is 9.92. The van der Waals surface area contributed by atoms with Crippen molar-refractivity contribution in [3.05, 3.63) is 23.3 Å². The molecule has 6 nitrogen and oxygen atoms in total. The van der Waals surface area contributed by atoms with E-state index in [9.17, 15) is 9.59 Å². The van der Waals surface area contributed by atoms with E-state index in [-0.39, 0.29) is 13.2 Å². The molecule has 0 radical (unpaired) electrons. The summed E-state index contributed by atoms with van der Waals surface area (Å²) in [6.07, 6.45) is 3.56. The van der Waals surface area contributed by atoms with Crippen molar-refractivity contribution in [2.24, 2.45) is 5.41 Å². The molecule has 0 spiro atoms. The number of hydrogen-bond acceptors (Lipinski definition) is 6. The maximum atomic E-state index is 11.0. The molecule has 0 unspecified atom stereocenters. The summed E-state index contributed by atoms with van der Waals surface area (Å²) < 4.78 is 10.1. The van der Waals surface area contributed by atoms with Gasteiger partial charge < -0.3 is 9.47 Å². The van der Waals surface area contributed by atoms with Crippen LogP contribution < -0.4 is 0 Å². The van der Waals surface area contributed by atoms with Crippen LogP contribution in [0, 0.1) is 28.1 Å². The lowest BCUT2D eigenvalue weighted by molar-refractivity contribution is -0.150. The van der Waals surface area contributed by atoms with Gasteiger partial charge in [-0.2, -0.15) is 10.5 Å². The van der Waals surface area contributed by atoms with Crippen LogP contribution in [0.4, 0.5) is 0 Å². The Labute approximate surface area is 123 Å². The fourth-order valence-corrected chi connectivity index (χ4v) is 2.30. The molecule has 1 aliphatic carbocycles. The lowest BCUT2D eigenvalue weighted by Gasteiger charge is -2.26. The van der Waals surface area contributed by atoms with Gasteiger partial charge in [-0.15, -0.1) is 0 Å². The molecule has 0 N–H and O–H groups in total. The summed E-state index contributed by atoms with van der Waals surface area (Å²) in [5, 5.41) is 17.6. The van der Waals surface area contributed by atoms with Crippen LogP contribution >= 0.6 is 0 Å². The molecular weight excluding hydrogens is 272 g/mol. The highest BCUT2D eigenvalue weighted by atomic mass is 16.5. The maximum Gasteiger partial charge on any atom is 0.302 e. The molecule has 1 aliphatic rings. The van der Waals surface area contributed by atoms with Gasteiger partial charge in [0.15, 0.2) is 0 Å². The van der Waals surface area contributed by atoms with Crippen LogP contribution in [-0.2, 0) is 19.1 Å². The molecule has 6 heteroatoms. The Bertz CT molecular complexity index is 523. The molecule has 0 aromatic carbocycles. The lowest BCUT2D eigenvalue weighted by Crippen LogP contribution is -2.31. The Morgan fingerprint density at radius 3 is 1.71 bits per heavy atom. The fraction of sp³-hybridized carbons (Fsp3) is 0.467. The average molecular weight is 288 g/mol. The van der Waals surface area contributed by atoms with Crippen molar-refractivity contribution >= 4 is 11.9 Å². The van der Waals surface area contributed by atoms with Crippen molar-refractivity contribution in [3.8, 4) is 12.1 Å². The number of carbonyl (C=O) groups is 2. The molecule has 0 heterocycles. The van der Waals surface area contributed by atoms with Crippen molar-refractivity contribution < 1.29 is 19.1 Å². The zero-order valence-corrected chi connectivity index (χ0v) is 12.0.